The zero-order valence-corrected chi connectivity index (χ0v) is 16.5. The Labute approximate surface area is 157 Å². The van der Waals surface area contributed by atoms with Crippen LogP contribution in [0.5, 0.6) is 0 Å². The highest BCUT2D eigenvalue weighted by atomic mass is 16.2. The van der Waals surface area contributed by atoms with Gasteiger partial charge in [-0.1, -0.05) is 25.7 Å². The van der Waals surface area contributed by atoms with Crippen LogP contribution in [0.15, 0.2) is 6.07 Å². The fourth-order valence-corrected chi connectivity index (χ4v) is 4.31. The Hall–Kier alpha value is -1.69. The Morgan fingerprint density at radius 3 is 2.62 bits per heavy atom. The number of piperidine rings is 1. The zero-order chi connectivity index (χ0) is 18.5. The summed E-state index contributed by atoms with van der Waals surface area (Å²) in [7, 11) is 3.71. The van der Waals surface area contributed by atoms with Gasteiger partial charge in [0.2, 0.25) is 5.91 Å². The SMILES string of the molecule is CNc1cc(CN(C)C(C)=O)nc([C@@H]2CCCCN2C2CCCCC2)n1. The Morgan fingerprint density at radius 2 is 1.92 bits per heavy atom. The zero-order valence-electron chi connectivity index (χ0n) is 16.5. The molecule has 1 amide bonds. The van der Waals surface area contributed by atoms with Gasteiger partial charge in [0.15, 0.2) is 0 Å². The number of nitrogens with one attached hydrogen (secondary N) is 1. The number of amides is 1. The monoisotopic (exact) mass is 359 g/mol. The number of likely N-dealkylation sites (tertiary alicyclic amines) is 1. The van der Waals surface area contributed by atoms with Crippen molar-refractivity contribution < 1.29 is 4.79 Å². The largest absolute Gasteiger partial charge is 0.373 e. The predicted octanol–water partition coefficient (Wildman–Crippen LogP) is 3.36. The first-order chi connectivity index (χ1) is 12.6. The minimum Gasteiger partial charge on any atom is -0.373 e. The molecule has 0 spiro atoms. The van der Waals surface area contributed by atoms with E-state index in [9.17, 15) is 4.79 Å². The van der Waals surface area contributed by atoms with Gasteiger partial charge >= 0.3 is 0 Å². The summed E-state index contributed by atoms with van der Waals surface area (Å²) < 4.78 is 0. The Morgan fingerprint density at radius 1 is 1.19 bits per heavy atom. The van der Waals surface area contributed by atoms with Gasteiger partial charge in [0.1, 0.15) is 11.6 Å². The Bertz CT molecular complexity index is 614. The third-order valence-corrected chi connectivity index (χ3v) is 5.88. The van der Waals surface area contributed by atoms with Crippen molar-refractivity contribution in [3.63, 3.8) is 0 Å². The number of carbonyl (C=O) groups is 1. The first-order valence-electron chi connectivity index (χ1n) is 10.1. The highest BCUT2D eigenvalue weighted by Crippen LogP contribution is 2.35. The number of rotatable bonds is 5. The minimum atomic E-state index is 0.0534. The third kappa shape index (κ3) is 4.53. The Kier molecular flexibility index (Phi) is 6.46. The van der Waals surface area contributed by atoms with Crippen molar-refractivity contribution in [3.05, 3.63) is 17.6 Å². The van der Waals surface area contributed by atoms with Crippen LogP contribution in [0.3, 0.4) is 0 Å². The molecule has 1 saturated heterocycles. The van der Waals surface area contributed by atoms with Crippen LogP contribution in [0.4, 0.5) is 5.82 Å². The fraction of sp³-hybridized carbons (Fsp3) is 0.750. The van der Waals surface area contributed by atoms with Crippen molar-refractivity contribution >= 4 is 11.7 Å². The molecule has 2 fully saturated rings. The number of anilines is 1. The average Bonchev–Trinajstić information content (AvgIpc) is 2.68. The summed E-state index contributed by atoms with van der Waals surface area (Å²) in [6, 6.07) is 2.94. The van der Waals surface area contributed by atoms with Gasteiger partial charge in [0.05, 0.1) is 18.3 Å². The van der Waals surface area contributed by atoms with Crippen molar-refractivity contribution in [3.8, 4) is 0 Å². The lowest BCUT2D eigenvalue weighted by atomic mass is 9.90. The molecule has 2 aliphatic rings. The van der Waals surface area contributed by atoms with E-state index in [1.54, 1.807) is 11.8 Å². The summed E-state index contributed by atoms with van der Waals surface area (Å²) in [5.74, 6) is 1.82. The van der Waals surface area contributed by atoms with E-state index >= 15 is 0 Å². The summed E-state index contributed by atoms with van der Waals surface area (Å²) in [5.41, 5.74) is 0.909. The summed E-state index contributed by atoms with van der Waals surface area (Å²) >= 11 is 0. The van der Waals surface area contributed by atoms with Crippen LogP contribution in [-0.4, -0.2) is 52.4 Å². The van der Waals surface area contributed by atoms with Gasteiger partial charge in [0, 0.05) is 33.1 Å². The highest BCUT2D eigenvalue weighted by molar-refractivity contribution is 5.72. The van der Waals surface area contributed by atoms with Crippen molar-refractivity contribution in [2.45, 2.75) is 76.9 Å². The van der Waals surface area contributed by atoms with Crippen LogP contribution in [0.1, 0.15) is 75.9 Å². The molecule has 0 bridgehead atoms. The molecule has 3 rings (SSSR count). The first kappa shape index (κ1) is 19.1. The molecule has 1 aromatic rings. The summed E-state index contributed by atoms with van der Waals surface area (Å²) in [6.07, 6.45) is 10.3. The standard InChI is InChI=1S/C20H33N5O/c1-15(26)24(3)14-16-13-19(21-2)23-20(22-16)18-11-7-8-12-25(18)17-9-5-4-6-10-17/h13,17-18H,4-12,14H2,1-3H3,(H,21,22,23)/t18-/m0/s1. The smallest absolute Gasteiger partial charge is 0.219 e. The van der Waals surface area contributed by atoms with E-state index in [0.717, 1.165) is 30.3 Å². The maximum atomic E-state index is 11.6. The van der Waals surface area contributed by atoms with E-state index in [4.69, 9.17) is 9.97 Å². The van der Waals surface area contributed by atoms with E-state index in [-0.39, 0.29) is 5.91 Å². The first-order valence-corrected chi connectivity index (χ1v) is 10.1. The second-order valence-corrected chi connectivity index (χ2v) is 7.77. The van der Waals surface area contributed by atoms with E-state index in [0.29, 0.717) is 18.6 Å². The molecule has 6 nitrogen and oxygen atoms in total. The molecule has 6 heteroatoms. The number of hydrogen-bond acceptors (Lipinski definition) is 5. The van der Waals surface area contributed by atoms with Gasteiger partial charge in [-0.15, -0.1) is 0 Å². The van der Waals surface area contributed by atoms with Crippen molar-refractivity contribution in [1.82, 2.24) is 19.8 Å². The minimum absolute atomic E-state index is 0.0534. The molecule has 1 atom stereocenters. The lowest BCUT2D eigenvalue weighted by molar-refractivity contribution is -0.128. The van der Waals surface area contributed by atoms with Gasteiger partial charge in [-0.3, -0.25) is 9.69 Å². The quantitative estimate of drug-likeness (QED) is 0.873. The molecule has 2 heterocycles. The van der Waals surface area contributed by atoms with E-state index in [2.05, 4.69) is 10.2 Å². The highest BCUT2D eigenvalue weighted by Gasteiger charge is 2.32. The van der Waals surface area contributed by atoms with Crippen LogP contribution < -0.4 is 5.32 Å². The molecular formula is C20H33N5O. The van der Waals surface area contributed by atoms with E-state index in [1.807, 2.05) is 20.2 Å². The average molecular weight is 360 g/mol. The predicted molar refractivity (Wildman–Crippen MR) is 104 cm³/mol. The van der Waals surface area contributed by atoms with Gasteiger partial charge < -0.3 is 10.2 Å². The van der Waals surface area contributed by atoms with Gasteiger partial charge in [0.25, 0.3) is 0 Å². The molecule has 1 N–H and O–H groups in total. The van der Waals surface area contributed by atoms with Crippen molar-refractivity contribution in [2.75, 3.05) is 26.0 Å². The summed E-state index contributed by atoms with van der Waals surface area (Å²) in [4.78, 5) is 25.7. The lowest BCUT2D eigenvalue weighted by Gasteiger charge is -2.42. The van der Waals surface area contributed by atoms with E-state index in [1.165, 1.54) is 44.9 Å². The maximum Gasteiger partial charge on any atom is 0.219 e. The molecular weight excluding hydrogens is 326 g/mol. The van der Waals surface area contributed by atoms with Crippen LogP contribution in [0.25, 0.3) is 0 Å². The molecule has 0 radical (unpaired) electrons. The topological polar surface area (TPSA) is 61.4 Å². The maximum absolute atomic E-state index is 11.6. The second-order valence-electron chi connectivity index (χ2n) is 7.77. The van der Waals surface area contributed by atoms with E-state index < -0.39 is 0 Å². The third-order valence-electron chi connectivity index (χ3n) is 5.88. The fourth-order valence-electron chi connectivity index (χ4n) is 4.31. The second kappa shape index (κ2) is 8.80. The molecule has 1 aliphatic carbocycles. The van der Waals surface area contributed by atoms with Crippen LogP contribution in [0.2, 0.25) is 0 Å². The number of carbonyl (C=O) groups excluding carboxylic acids is 1. The van der Waals surface area contributed by atoms with Crippen LogP contribution >= 0.6 is 0 Å². The Balaban J connectivity index is 1.85. The summed E-state index contributed by atoms with van der Waals surface area (Å²) in [5, 5.41) is 3.17. The van der Waals surface area contributed by atoms with Crippen LogP contribution in [-0.2, 0) is 11.3 Å². The molecule has 1 saturated carbocycles. The van der Waals surface area contributed by atoms with Crippen molar-refractivity contribution in [2.24, 2.45) is 0 Å². The molecule has 1 aliphatic heterocycles. The van der Waals surface area contributed by atoms with Crippen LogP contribution in [0, 0.1) is 0 Å². The van der Waals surface area contributed by atoms with Gasteiger partial charge in [-0.2, -0.15) is 0 Å². The normalized spacial score (nSPS) is 22.2. The molecule has 0 unspecified atom stereocenters. The molecule has 26 heavy (non-hydrogen) atoms. The number of aromatic nitrogens is 2. The van der Waals surface area contributed by atoms with Gasteiger partial charge in [-0.25, -0.2) is 9.97 Å². The number of hydrogen-bond donors (Lipinski definition) is 1. The molecule has 0 aromatic carbocycles. The number of nitrogens with zero attached hydrogens (tertiary/aromatic N) is 4. The molecule has 144 valence electrons. The lowest BCUT2D eigenvalue weighted by Crippen LogP contribution is -2.43. The summed E-state index contributed by atoms with van der Waals surface area (Å²) in [6.45, 7) is 3.27. The van der Waals surface area contributed by atoms with Gasteiger partial charge in [-0.05, 0) is 32.2 Å². The molecule has 1 aromatic heterocycles. The van der Waals surface area contributed by atoms with Crippen molar-refractivity contribution in [1.29, 1.82) is 0 Å².